The molecule has 0 fully saturated rings. The van der Waals surface area contributed by atoms with Crippen LogP contribution in [0.25, 0.3) is 0 Å². The van der Waals surface area contributed by atoms with Gasteiger partial charge in [0.2, 0.25) is 0 Å². The van der Waals surface area contributed by atoms with Gasteiger partial charge in [-0.15, -0.1) is 0 Å². The molecule has 104 valence electrons. The predicted molar refractivity (Wildman–Crippen MR) is 80.0 cm³/mol. The summed E-state index contributed by atoms with van der Waals surface area (Å²) in [6.07, 6.45) is 4.00. The Morgan fingerprint density at radius 3 is 2.25 bits per heavy atom. The molecule has 0 unspecified atom stereocenters. The SMILES string of the molecule is Cn1cccc1C(=O)CN1CCc2ccccc2CC1. The highest BCUT2D eigenvalue weighted by Crippen LogP contribution is 2.15. The third-order valence-electron chi connectivity index (χ3n) is 4.11. The fourth-order valence-corrected chi connectivity index (χ4v) is 2.91. The third kappa shape index (κ3) is 2.68. The summed E-state index contributed by atoms with van der Waals surface area (Å²) in [5.41, 5.74) is 3.66. The number of fused-ring (bicyclic) bond motifs is 1. The van der Waals surface area contributed by atoms with E-state index in [2.05, 4.69) is 29.2 Å². The van der Waals surface area contributed by atoms with Crippen LogP contribution in [-0.4, -0.2) is 34.9 Å². The van der Waals surface area contributed by atoms with Gasteiger partial charge < -0.3 is 4.57 Å². The number of benzene rings is 1. The van der Waals surface area contributed by atoms with Crippen LogP contribution < -0.4 is 0 Å². The number of carbonyl (C=O) groups is 1. The predicted octanol–water partition coefficient (Wildman–Crippen LogP) is 2.31. The fraction of sp³-hybridized carbons (Fsp3) is 0.353. The smallest absolute Gasteiger partial charge is 0.193 e. The van der Waals surface area contributed by atoms with Crippen molar-refractivity contribution in [3.05, 3.63) is 59.4 Å². The number of aromatic nitrogens is 1. The topological polar surface area (TPSA) is 25.2 Å². The van der Waals surface area contributed by atoms with E-state index in [0.717, 1.165) is 31.6 Å². The largest absolute Gasteiger partial charge is 0.348 e. The Hall–Kier alpha value is -1.87. The molecule has 1 aromatic carbocycles. The van der Waals surface area contributed by atoms with Crippen LogP contribution in [-0.2, 0) is 19.9 Å². The van der Waals surface area contributed by atoms with Gasteiger partial charge in [0, 0.05) is 26.3 Å². The Labute approximate surface area is 119 Å². The van der Waals surface area contributed by atoms with E-state index in [9.17, 15) is 4.79 Å². The highest BCUT2D eigenvalue weighted by atomic mass is 16.1. The average molecular weight is 268 g/mol. The first-order chi connectivity index (χ1) is 9.74. The minimum atomic E-state index is 0.212. The number of hydrogen-bond donors (Lipinski definition) is 0. The van der Waals surface area contributed by atoms with Crippen molar-refractivity contribution in [2.24, 2.45) is 7.05 Å². The van der Waals surface area contributed by atoms with Crippen LogP contribution in [0, 0.1) is 0 Å². The molecule has 0 N–H and O–H groups in total. The number of hydrogen-bond acceptors (Lipinski definition) is 2. The lowest BCUT2D eigenvalue weighted by molar-refractivity contribution is 0.0925. The van der Waals surface area contributed by atoms with E-state index in [1.807, 2.05) is 29.9 Å². The molecular weight excluding hydrogens is 248 g/mol. The molecule has 1 aromatic heterocycles. The van der Waals surface area contributed by atoms with Crippen LogP contribution in [0.1, 0.15) is 21.6 Å². The first-order valence-electron chi connectivity index (χ1n) is 7.18. The maximum Gasteiger partial charge on any atom is 0.193 e. The van der Waals surface area contributed by atoms with Gasteiger partial charge in [-0.05, 0) is 36.1 Å². The van der Waals surface area contributed by atoms with Gasteiger partial charge in [0.05, 0.1) is 12.2 Å². The maximum absolute atomic E-state index is 12.3. The summed E-state index contributed by atoms with van der Waals surface area (Å²) >= 11 is 0. The third-order valence-corrected chi connectivity index (χ3v) is 4.11. The zero-order valence-electron chi connectivity index (χ0n) is 11.9. The molecule has 0 bridgehead atoms. The molecule has 2 heterocycles. The molecule has 2 aromatic rings. The van der Waals surface area contributed by atoms with Crippen molar-refractivity contribution < 1.29 is 4.79 Å². The van der Waals surface area contributed by atoms with Crippen LogP contribution in [0.4, 0.5) is 0 Å². The van der Waals surface area contributed by atoms with Gasteiger partial charge >= 0.3 is 0 Å². The van der Waals surface area contributed by atoms with Crippen molar-refractivity contribution in [3.63, 3.8) is 0 Å². The normalized spacial score (nSPS) is 15.7. The van der Waals surface area contributed by atoms with Gasteiger partial charge in [0.1, 0.15) is 0 Å². The van der Waals surface area contributed by atoms with Gasteiger partial charge in [0.15, 0.2) is 5.78 Å². The summed E-state index contributed by atoms with van der Waals surface area (Å²) in [6.45, 7) is 2.45. The molecule has 0 amide bonds. The molecule has 20 heavy (non-hydrogen) atoms. The molecule has 0 spiro atoms. The minimum absolute atomic E-state index is 0.212. The fourth-order valence-electron chi connectivity index (χ4n) is 2.91. The highest BCUT2D eigenvalue weighted by Gasteiger charge is 2.17. The van der Waals surface area contributed by atoms with Crippen molar-refractivity contribution in [1.82, 2.24) is 9.47 Å². The van der Waals surface area contributed by atoms with E-state index in [-0.39, 0.29) is 5.78 Å². The molecular formula is C17H20N2O. The lowest BCUT2D eigenvalue weighted by Gasteiger charge is -2.18. The number of nitrogens with zero attached hydrogens (tertiary/aromatic N) is 2. The summed E-state index contributed by atoms with van der Waals surface area (Å²) in [6, 6.07) is 12.4. The number of rotatable bonds is 3. The Kier molecular flexibility index (Phi) is 3.70. The lowest BCUT2D eigenvalue weighted by atomic mass is 10.0. The van der Waals surface area contributed by atoms with Crippen LogP contribution in [0.5, 0.6) is 0 Å². The zero-order valence-corrected chi connectivity index (χ0v) is 11.9. The van der Waals surface area contributed by atoms with Crippen molar-refractivity contribution in [2.45, 2.75) is 12.8 Å². The minimum Gasteiger partial charge on any atom is -0.348 e. The molecule has 0 aliphatic carbocycles. The maximum atomic E-state index is 12.3. The summed E-state index contributed by atoms with van der Waals surface area (Å²) in [7, 11) is 1.92. The number of aryl methyl sites for hydroxylation is 1. The average Bonchev–Trinajstić information content (AvgIpc) is 2.78. The van der Waals surface area contributed by atoms with Gasteiger partial charge in [-0.3, -0.25) is 9.69 Å². The number of carbonyl (C=O) groups excluding carboxylic acids is 1. The lowest BCUT2D eigenvalue weighted by Crippen LogP contribution is -2.32. The molecule has 0 saturated carbocycles. The standard InChI is InChI=1S/C17H20N2O/c1-18-10-4-7-16(18)17(20)13-19-11-8-14-5-2-3-6-15(14)9-12-19/h2-7,10H,8-9,11-13H2,1H3. The van der Waals surface area contributed by atoms with E-state index in [4.69, 9.17) is 0 Å². The molecule has 0 atom stereocenters. The quantitative estimate of drug-likeness (QED) is 0.798. The van der Waals surface area contributed by atoms with Crippen LogP contribution in [0.15, 0.2) is 42.6 Å². The van der Waals surface area contributed by atoms with E-state index in [1.165, 1.54) is 11.1 Å². The first-order valence-corrected chi connectivity index (χ1v) is 7.18. The van der Waals surface area contributed by atoms with Gasteiger partial charge in [-0.1, -0.05) is 24.3 Å². The van der Waals surface area contributed by atoms with Crippen LogP contribution in [0.2, 0.25) is 0 Å². The summed E-state index contributed by atoms with van der Waals surface area (Å²) in [4.78, 5) is 14.6. The zero-order chi connectivity index (χ0) is 13.9. The molecule has 0 radical (unpaired) electrons. The molecule has 3 heteroatoms. The second-order valence-corrected chi connectivity index (χ2v) is 5.47. The molecule has 1 aliphatic heterocycles. The van der Waals surface area contributed by atoms with E-state index >= 15 is 0 Å². The van der Waals surface area contributed by atoms with E-state index in [1.54, 1.807) is 0 Å². The molecule has 1 aliphatic rings. The monoisotopic (exact) mass is 268 g/mol. The Morgan fingerprint density at radius 1 is 1.05 bits per heavy atom. The number of ketones is 1. The highest BCUT2D eigenvalue weighted by molar-refractivity contribution is 5.96. The Bertz CT molecular complexity index is 588. The Morgan fingerprint density at radius 2 is 1.70 bits per heavy atom. The second kappa shape index (κ2) is 5.63. The molecule has 3 nitrogen and oxygen atoms in total. The van der Waals surface area contributed by atoms with Crippen LogP contribution >= 0.6 is 0 Å². The number of Topliss-reactive ketones (excluding diaryl/α,β-unsaturated/α-hetero) is 1. The van der Waals surface area contributed by atoms with Crippen molar-refractivity contribution in [1.29, 1.82) is 0 Å². The van der Waals surface area contributed by atoms with Gasteiger partial charge in [0.25, 0.3) is 0 Å². The van der Waals surface area contributed by atoms with Gasteiger partial charge in [-0.25, -0.2) is 0 Å². The molecule has 0 saturated heterocycles. The first kappa shape index (κ1) is 13.1. The summed E-state index contributed by atoms with van der Waals surface area (Å²) < 4.78 is 1.90. The van der Waals surface area contributed by atoms with Crippen molar-refractivity contribution in [2.75, 3.05) is 19.6 Å². The summed E-state index contributed by atoms with van der Waals surface area (Å²) in [5.74, 6) is 0.212. The van der Waals surface area contributed by atoms with Crippen molar-refractivity contribution >= 4 is 5.78 Å². The van der Waals surface area contributed by atoms with E-state index < -0.39 is 0 Å². The Balaban J connectivity index is 1.66. The van der Waals surface area contributed by atoms with Crippen LogP contribution in [0.3, 0.4) is 0 Å². The van der Waals surface area contributed by atoms with Crippen molar-refractivity contribution in [3.8, 4) is 0 Å². The summed E-state index contributed by atoms with van der Waals surface area (Å²) in [5, 5.41) is 0. The second-order valence-electron chi connectivity index (χ2n) is 5.47. The van der Waals surface area contributed by atoms with Gasteiger partial charge in [-0.2, -0.15) is 0 Å². The molecule has 3 rings (SSSR count). The van der Waals surface area contributed by atoms with E-state index in [0.29, 0.717) is 6.54 Å².